The normalized spacial score (nSPS) is 39.0. The molecule has 2 aliphatic heterocycles. The molecule has 2 saturated heterocycles. The van der Waals surface area contributed by atoms with E-state index in [1.807, 2.05) is 0 Å². The van der Waals surface area contributed by atoms with Gasteiger partial charge in [-0.05, 0) is 55.3 Å². The first-order valence-corrected chi connectivity index (χ1v) is 8.82. The highest BCUT2D eigenvalue weighted by Gasteiger charge is 2.57. The number of rotatable bonds is 0. The molecule has 2 bridgehead atoms. The van der Waals surface area contributed by atoms with Crippen LogP contribution in [-0.4, -0.2) is 30.9 Å². The van der Waals surface area contributed by atoms with Gasteiger partial charge in [-0.1, -0.05) is 6.92 Å². The van der Waals surface area contributed by atoms with Crippen LogP contribution in [0, 0.1) is 23.2 Å². The molecule has 0 aromatic heterocycles. The van der Waals surface area contributed by atoms with Crippen LogP contribution in [0.1, 0.15) is 51.9 Å². The van der Waals surface area contributed by atoms with E-state index in [9.17, 15) is 9.59 Å². The van der Waals surface area contributed by atoms with Crippen molar-refractivity contribution in [2.45, 2.75) is 57.9 Å². The molecule has 0 aromatic rings. The monoisotopic (exact) mass is 307 g/mol. The summed E-state index contributed by atoms with van der Waals surface area (Å²) in [6.07, 6.45) is 6.47. The van der Waals surface area contributed by atoms with Gasteiger partial charge in [0.15, 0.2) is 0 Å². The van der Waals surface area contributed by atoms with Gasteiger partial charge in [-0.2, -0.15) is 0 Å². The Kier molecular flexibility index (Phi) is 4.44. The van der Waals surface area contributed by atoms with Gasteiger partial charge < -0.3 is 16.4 Å². The summed E-state index contributed by atoms with van der Waals surface area (Å²) in [4.78, 5) is 23.9. The van der Waals surface area contributed by atoms with Crippen molar-refractivity contribution in [3.8, 4) is 0 Å². The summed E-state index contributed by atoms with van der Waals surface area (Å²) in [5, 5.41) is 6.04. The summed E-state index contributed by atoms with van der Waals surface area (Å²) in [6.45, 7) is 3.55. The van der Waals surface area contributed by atoms with Gasteiger partial charge in [0.1, 0.15) is 0 Å². The largest absolute Gasteiger partial charge is 0.356 e. The van der Waals surface area contributed by atoms with E-state index in [1.165, 1.54) is 12.8 Å². The topological polar surface area (TPSA) is 84.2 Å². The predicted molar refractivity (Wildman–Crippen MR) is 84.9 cm³/mol. The van der Waals surface area contributed by atoms with Gasteiger partial charge in [-0.25, -0.2) is 0 Å². The van der Waals surface area contributed by atoms with Gasteiger partial charge in [0.25, 0.3) is 0 Å². The average molecular weight is 307 g/mol. The zero-order chi connectivity index (χ0) is 15.7. The van der Waals surface area contributed by atoms with Crippen LogP contribution in [0.15, 0.2) is 0 Å². The van der Waals surface area contributed by atoms with Gasteiger partial charge in [-0.3, -0.25) is 9.59 Å². The molecule has 22 heavy (non-hydrogen) atoms. The van der Waals surface area contributed by atoms with Gasteiger partial charge in [0.2, 0.25) is 11.8 Å². The molecule has 0 radical (unpaired) electrons. The Balaban J connectivity index is 1.90. The number of nitrogens with one attached hydrogen (secondary N) is 2. The molecule has 0 aromatic carbocycles. The Morgan fingerprint density at radius 3 is 2.41 bits per heavy atom. The second-order valence-electron chi connectivity index (χ2n) is 7.61. The summed E-state index contributed by atoms with van der Waals surface area (Å²) < 4.78 is 0. The minimum atomic E-state index is -0.00532. The van der Waals surface area contributed by atoms with Gasteiger partial charge in [0, 0.05) is 32.0 Å². The molecule has 3 rings (SSSR count). The number of carbonyl (C=O) groups is 2. The zero-order valence-corrected chi connectivity index (χ0v) is 13.6. The number of carbonyl (C=O) groups excluding carboxylic acids is 2. The summed E-state index contributed by atoms with van der Waals surface area (Å²) >= 11 is 0. The lowest BCUT2D eigenvalue weighted by atomic mass is 9.66. The maximum Gasteiger partial charge on any atom is 0.220 e. The fourth-order valence-corrected chi connectivity index (χ4v) is 4.99. The van der Waals surface area contributed by atoms with Crippen molar-refractivity contribution in [2.75, 3.05) is 13.1 Å². The molecule has 1 aliphatic carbocycles. The van der Waals surface area contributed by atoms with E-state index in [1.54, 1.807) is 0 Å². The molecule has 1 saturated carbocycles. The highest BCUT2D eigenvalue weighted by Crippen LogP contribution is 2.63. The Morgan fingerprint density at radius 1 is 1.00 bits per heavy atom. The third kappa shape index (κ3) is 3.00. The smallest absolute Gasteiger partial charge is 0.220 e. The molecular weight excluding hydrogens is 278 g/mol. The van der Waals surface area contributed by atoms with Crippen LogP contribution >= 0.6 is 0 Å². The molecule has 4 unspecified atom stereocenters. The van der Waals surface area contributed by atoms with Gasteiger partial charge >= 0.3 is 0 Å². The molecule has 4 N–H and O–H groups in total. The summed E-state index contributed by atoms with van der Waals surface area (Å²) in [5.41, 5.74) is 6.79. The highest BCUT2D eigenvalue weighted by molar-refractivity contribution is 5.76. The van der Waals surface area contributed by atoms with E-state index in [4.69, 9.17) is 5.73 Å². The molecule has 2 amide bonds. The third-order valence-corrected chi connectivity index (χ3v) is 6.33. The fourth-order valence-electron chi connectivity index (χ4n) is 4.99. The molecule has 1 spiro atoms. The summed E-state index contributed by atoms with van der Waals surface area (Å²) in [6, 6.07) is -0.00532. The standard InChI is InChI=1S/C17H29N3O2/c1-11-2-4-16(22)20-10-14(18)13-6-9-19-15(21)5-3-12(11)17(13)7-8-17/h11-14H,2-10,18H2,1H3,(H,19,21)(H,20,22). The van der Waals surface area contributed by atoms with Crippen molar-refractivity contribution in [3.63, 3.8) is 0 Å². The van der Waals surface area contributed by atoms with E-state index in [2.05, 4.69) is 17.6 Å². The van der Waals surface area contributed by atoms with E-state index in [0.717, 1.165) is 19.3 Å². The maximum absolute atomic E-state index is 11.9. The number of nitrogens with two attached hydrogens (primary N) is 1. The van der Waals surface area contributed by atoms with Crippen molar-refractivity contribution in [2.24, 2.45) is 28.9 Å². The Labute approximate surface area is 132 Å². The second kappa shape index (κ2) is 6.19. The summed E-state index contributed by atoms with van der Waals surface area (Å²) in [5.74, 6) is 1.70. The minimum absolute atomic E-state index is 0.00532. The van der Waals surface area contributed by atoms with Crippen molar-refractivity contribution >= 4 is 11.8 Å². The predicted octanol–water partition coefficient (Wildman–Crippen LogP) is 1.17. The first-order valence-electron chi connectivity index (χ1n) is 8.82. The number of hydrogen-bond donors (Lipinski definition) is 3. The molecule has 3 fully saturated rings. The molecule has 5 nitrogen and oxygen atoms in total. The molecule has 4 atom stereocenters. The molecule has 3 aliphatic rings. The Bertz CT molecular complexity index is 447. The van der Waals surface area contributed by atoms with Crippen molar-refractivity contribution in [3.05, 3.63) is 0 Å². The quantitative estimate of drug-likeness (QED) is 0.628. The SMILES string of the molecule is CC1CCC(=O)NCC(N)C2CCNC(=O)CCC1C21CC1. The minimum Gasteiger partial charge on any atom is -0.356 e. The van der Waals surface area contributed by atoms with Gasteiger partial charge in [0.05, 0.1) is 0 Å². The van der Waals surface area contributed by atoms with Crippen LogP contribution in [0.25, 0.3) is 0 Å². The third-order valence-electron chi connectivity index (χ3n) is 6.33. The van der Waals surface area contributed by atoms with Crippen molar-refractivity contribution in [1.29, 1.82) is 0 Å². The number of hydrogen-bond acceptors (Lipinski definition) is 3. The Morgan fingerprint density at radius 2 is 1.68 bits per heavy atom. The average Bonchev–Trinajstić information content (AvgIpc) is 3.25. The molecule has 2 heterocycles. The van der Waals surface area contributed by atoms with E-state index in [0.29, 0.717) is 49.1 Å². The van der Waals surface area contributed by atoms with Crippen molar-refractivity contribution in [1.82, 2.24) is 10.6 Å². The number of amides is 2. The zero-order valence-electron chi connectivity index (χ0n) is 13.6. The van der Waals surface area contributed by atoms with Crippen molar-refractivity contribution < 1.29 is 9.59 Å². The lowest BCUT2D eigenvalue weighted by Crippen LogP contribution is -2.49. The van der Waals surface area contributed by atoms with Crippen LogP contribution in [0.5, 0.6) is 0 Å². The lowest BCUT2D eigenvalue weighted by Gasteiger charge is -2.41. The second-order valence-corrected chi connectivity index (χ2v) is 7.61. The first kappa shape index (κ1) is 15.8. The van der Waals surface area contributed by atoms with Crippen LogP contribution < -0.4 is 16.4 Å². The first-order chi connectivity index (χ1) is 10.5. The lowest BCUT2D eigenvalue weighted by molar-refractivity contribution is -0.123. The molecule has 124 valence electrons. The van der Waals surface area contributed by atoms with E-state index in [-0.39, 0.29) is 17.9 Å². The molecular formula is C17H29N3O2. The maximum atomic E-state index is 11.9. The van der Waals surface area contributed by atoms with Crippen LogP contribution in [0.2, 0.25) is 0 Å². The van der Waals surface area contributed by atoms with Crippen LogP contribution in [-0.2, 0) is 9.59 Å². The van der Waals surface area contributed by atoms with Crippen LogP contribution in [0.4, 0.5) is 0 Å². The fraction of sp³-hybridized carbons (Fsp3) is 0.882. The Hall–Kier alpha value is -1.10. The highest BCUT2D eigenvalue weighted by atomic mass is 16.2. The van der Waals surface area contributed by atoms with E-state index >= 15 is 0 Å². The van der Waals surface area contributed by atoms with Gasteiger partial charge in [-0.15, -0.1) is 0 Å². The molecule has 5 heteroatoms. The summed E-state index contributed by atoms with van der Waals surface area (Å²) in [7, 11) is 0. The van der Waals surface area contributed by atoms with E-state index < -0.39 is 0 Å². The van der Waals surface area contributed by atoms with Crippen LogP contribution in [0.3, 0.4) is 0 Å².